The molecule has 3 rings (SSSR count). The van der Waals surface area contributed by atoms with E-state index in [4.69, 9.17) is 4.74 Å². The number of esters is 1. The lowest BCUT2D eigenvalue weighted by Crippen LogP contribution is -2.14. The normalized spacial score (nSPS) is 20.7. The summed E-state index contributed by atoms with van der Waals surface area (Å²) in [7, 11) is 0.140. The van der Waals surface area contributed by atoms with Crippen molar-refractivity contribution in [2.75, 3.05) is 0 Å². The number of carbonyl (C=O) groups is 1. The lowest BCUT2D eigenvalue weighted by molar-refractivity contribution is 0.0734. The topological polar surface area (TPSA) is 26.3 Å². The van der Waals surface area contributed by atoms with Gasteiger partial charge in [-0.05, 0) is 60.7 Å². The first-order chi connectivity index (χ1) is 12.2. The zero-order valence-electron chi connectivity index (χ0n) is 14.7. The van der Waals surface area contributed by atoms with Crippen LogP contribution < -0.4 is 4.74 Å². The summed E-state index contributed by atoms with van der Waals surface area (Å²) in [5, 5.41) is 0. The number of halogens is 1. The zero-order chi connectivity index (χ0) is 17.6. The SMILES string of the molecule is CC[SiH2]C1CCC(c2ccc(C(=O)Oc3ccc(F)cc3)cc2)CC1. The van der Waals surface area contributed by atoms with E-state index in [0.717, 1.165) is 5.54 Å². The maximum atomic E-state index is 12.9. The number of hydrogen-bond donors (Lipinski definition) is 0. The van der Waals surface area contributed by atoms with E-state index in [0.29, 0.717) is 17.2 Å². The molecule has 0 radical (unpaired) electrons. The molecule has 0 amide bonds. The third-order valence-electron chi connectivity index (χ3n) is 5.19. The molecule has 0 aromatic heterocycles. The zero-order valence-corrected chi connectivity index (χ0v) is 16.1. The van der Waals surface area contributed by atoms with E-state index >= 15 is 0 Å². The number of hydrogen-bond acceptors (Lipinski definition) is 2. The molecule has 2 aromatic carbocycles. The number of benzene rings is 2. The van der Waals surface area contributed by atoms with Crippen LogP contribution in [0.25, 0.3) is 0 Å². The summed E-state index contributed by atoms with van der Waals surface area (Å²) in [5.74, 6) is 0.231. The third-order valence-corrected chi connectivity index (χ3v) is 7.40. The van der Waals surface area contributed by atoms with Crippen LogP contribution in [0.5, 0.6) is 5.75 Å². The molecular weight excluding hydrogens is 331 g/mol. The van der Waals surface area contributed by atoms with E-state index in [-0.39, 0.29) is 15.3 Å². The van der Waals surface area contributed by atoms with E-state index in [1.807, 2.05) is 12.1 Å². The lowest BCUT2D eigenvalue weighted by atomic mass is 9.83. The number of rotatable bonds is 5. The minimum absolute atomic E-state index is 0.140. The Kier molecular flexibility index (Phi) is 6.03. The fraction of sp³-hybridized carbons (Fsp3) is 0.381. The van der Waals surface area contributed by atoms with E-state index < -0.39 is 5.97 Å². The van der Waals surface area contributed by atoms with Crippen molar-refractivity contribution in [1.82, 2.24) is 0 Å². The fourth-order valence-corrected chi connectivity index (χ4v) is 5.62. The summed E-state index contributed by atoms with van der Waals surface area (Å²) < 4.78 is 18.2. The van der Waals surface area contributed by atoms with Gasteiger partial charge in [0, 0.05) is 9.52 Å². The van der Waals surface area contributed by atoms with E-state index in [1.165, 1.54) is 61.6 Å². The van der Waals surface area contributed by atoms with Crippen molar-refractivity contribution in [3.8, 4) is 5.75 Å². The molecule has 4 heteroatoms. The Morgan fingerprint density at radius 3 is 2.28 bits per heavy atom. The highest BCUT2D eigenvalue weighted by atomic mass is 28.2. The van der Waals surface area contributed by atoms with Gasteiger partial charge in [-0.15, -0.1) is 0 Å². The van der Waals surface area contributed by atoms with Gasteiger partial charge in [0.1, 0.15) is 11.6 Å². The average molecular weight is 357 g/mol. The highest BCUT2D eigenvalue weighted by molar-refractivity contribution is 6.37. The molecule has 0 N–H and O–H groups in total. The number of carbonyl (C=O) groups excluding carboxylic acids is 1. The molecule has 132 valence electrons. The maximum absolute atomic E-state index is 12.9. The van der Waals surface area contributed by atoms with Gasteiger partial charge < -0.3 is 4.74 Å². The Morgan fingerprint density at radius 2 is 1.68 bits per heavy atom. The van der Waals surface area contributed by atoms with Crippen molar-refractivity contribution in [1.29, 1.82) is 0 Å². The van der Waals surface area contributed by atoms with Crippen molar-refractivity contribution in [2.24, 2.45) is 0 Å². The van der Waals surface area contributed by atoms with Crippen LogP contribution in [-0.2, 0) is 0 Å². The Morgan fingerprint density at radius 1 is 1.04 bits per heavy atom. The van der Waals surface area contributed by atoms with Crippen LogP contribution >= 0.6 is 0 Å². The molecule has 0 heterocycles. The van der Waals surface area contributed by atoms with Gasteiger partial charge in [0.25, 0.3) is 0 Å². The first-order valence-corrected chi connectivity index (χ1v) is 11.0. The molecule has 0 unspecified atom stereocenters. The summed E-state index contributed by atoms with van der Waals surface area (Å²) in [6.07, 6.45) is 5.30. The van der Waals surface area contributed by atoms with Crippen molar-refractivity contribution in [3.63, 3.8) is 0 Å². The monoisotopic (exact) mass is 356 g/mol. The maximum Gasteiger partial charge on any atom is 0.343 e. The van der Waals surface area contributed by atoms with Crippen LogP contribution in [0.1, 0.15) is 54.4 Å². The van der Waals surface area contributed by atoms with Crippen LogP contribution in [0.15, 0.2) is 48.5 Å². The molecule has 1 saturated carbocycles. The molecule has 25 heavy (non-hydrogen) atoms. The molecule has 0 bridgehead atoms. The van der Waals surface area contributed by atoms with Gasteiger partial charge in [0.05, 0.1) is 5.56 Å². The van der Waals surface area contributed by atoms with Gasteiger partial charge in [-0.3, -0.25) is 0 Å². The second-order valence-corrected chi connectivity index (χ2v) is 9.70. The van der Waals surface area contributed by atoms with Gasteiger partial charge in [0.2, 0.25) is 0 Å². The van der Waals surface area contributed by atoms with Crippen LogP contribution in [-0.4, -0.2) is 15.5 Å². The van der Waals surface area contributed by atoms with Crippen molar-refractivity contribution >= 4 is 15.5 Å². The first-order valence-electron chi connectivity index (χ1n) is 9.23. The second kappa shape index (κ2) is 8.43. The highest BCUT2D eigenvalue weighted by Gasteiger charge is 2.22. The third kappa shape index (κ3) is 4.79. The van der Waals surface area contributed by atoms with Crippen molar-refractivity contribution < 1.29 is 13.9 Å². The van der Waals surface area contributed by atoms with E-state index in [1.54, 1.807) is 0 Å². The predicted octanol–water partition coefficient (Wildman–Crippen LogP) is 5.10. The summed E-state index contributed by atoms with van der Waals surface area (Å²) in [6.45, 7) is 2.32. The number of ether oxygens (including phenoxy) is 1. The summed E-state index contributed by atoms with van der Waals surface area (Å²) in [5.41, 5.74) is 2.89. The van der Waals surface area contributed by atoms with Crippen LogP contribution in [0.3, 0.4) is 0 Å². The fourth-order valence-electron chi connectivity index (χ4n) is 3.75. The molecule has 1 aliphatic carbocycles. The molecule has 0 aliphatic heterocycles. The molecule has 2 nitrogen and oxygen atoms in total. The van der Waals surface area contributed by atoms with Crippen LogP contribution in [0, 0.1) is 5.82 Å². The minimum atomic E-state index is -0.407. The Bertz CT molecular complexity index is 689. The Balaban J connectivity index is 1.58. The predicted molar refractivity (Wildman–Crippen MR) is 102 cm³/mol. The lowest BCUT2D eigenvalue weighted by Gasteiger charge is -2.28. The van der Waals surface area contributed by atoms with Gasteiger partial charge in [-0.25, -0.2) is 9.18 Å². The first kappa shape index (κ1) is 17.9. The van der Waals surface area contributed by atoms with Crippen LogP contribution in [0.2, 0.25) is 11.6 Å². The van der Waals surface area contributed by atoms with Gasteiger partial charge in [-0.1, -0.05) is 43.5 Å². The smallest absolute Gasteiger partial charge is 0.343 e. The van der Waals surface area contributed by atoms with Crippen LogP contribution in [0.4, 0.5) is 4.39 Å². The molecular formula is C21H25FO2Si. The quantitative estimate of drug-likeness (QED) is 0.423. The largest absolute Gasteiger partial charge is 0.423 e. The molecule has 1 fully saturated rings. The second-order valence-electron chi connectivity index (χ2n) is 6.97. The minimum Gasteiger partial charge on any atom is -0.423 e. The standard InChI is InChI=1S/C21H25FO2Si/c1-2-25-20-13-7-16(8-14-20)15-3-5-17(6-4-15)21(23)24-19-11-9-18(22)10-12-19/h3-6,9-12,16,20H,2,7-8,13-14,25H2,1H3. The highest BCUT2D eigenvalue weighted by Crippen LogP contribution is 2.38. The molecule has 2 aromatic rings. The van der Waals surface area contributed by atoms with Crippen molar-refractivity contribution in [2.45, 2.75) is 50.1 Å². The van der Waals surface area contributed by atoms with E-state index in [9.17, 15) is 9.18 Å². The van der Waals surface area contributed by atoms with Gasteiger partial charge >= 0.3 is 5.97 Å². The van der Waals surface area contributed by atoms with Gasteiger partial charge in [0.15, 0.2) is 0 Å². The molecule has 0 saturated heterocycles. The molecule has 0 spiro atoms. The summed E-state index contributed by atoms with van der Waals surface area (Å²) in [6, 6.07) is 14.7. The summed E-state index contributed by atoms with van der Waals surface area (Å²) in [4.78, 5) is 12.2. The molecule has 1 aliphatic rings. The van der Waals surface area contributed by atoms with Gasteiger partial charge in [-0.2, -0.15) is 0 Å². The summed E-state index contributed by atoms with van der Waals surface area (Å²) >= 11 is 0. The van der Waals surface area contributed by atoms with E-state index in [2.05, 4.69) is 19.1 Å². The average Bonchev–Trinajstić information content (AvgIpc) is 2.65. The Hall–Kier alpha value is -1.94. The van der Waals surface area contributed by atoms with Crippen molar-refractivity contribution in [3.05, 3.63) is 65.5 Å². The Labute approximate surface area is 151 Å². The molecule has 0 atom stereocenters.